The van der Waals surface area contributed by atoms with Crippen LogP contribution in [0.2, 0.25) is 5.02 Å². The summed E-state index contributed by atoms with van der Waals surface area (Å²) in [6.45, 7) is 0.661. The van der Waals surface area contributed by atoms with E-state index >= 15 is 0 Å². The highest BCUT2D eigenvalue weighted by atomic mass is 35.5. The molecule has 5 nitrogen and oxygen atoms in total. The van der Waals surface area contributed by atoms with E-state index < -0.39 is 5.60 Å². The minimum Gasteiger partial charge on any atom is -0.389 e. The van der Waals surface area contributed by atoms with E-state index in [1.54, 1.807) is 18.2 Å². The van der Waals surface area contributed by atoms with Gasteiger partial charge in [0, 0.05) is 40.1 Å². The minimum absolute atomic E-state index is 0.165. The van der Waals surface area contributed by atoms with Gasteiger partial charge in [0.2, 0.25) is 0 Å². The Morgan fingerprint density at radius 1 is 1.34 bits per heavy atom. The number of H-pyrrole nitrogens is 1. The first-order valence-corrected chi connectivity index (χ1v) is 10.0. The van der Waals surface area contributed by atoms with Gasteiger partial charge in [-0.2, -0.15) is 0 Å². The summed E-state index contributed by atoms with van der Waals surface area (Å²) in [5.41, 5.74) is 7.04. The van der Waals surface area contributed by atoms with Gasteiger partial charge in [0.05, 0.1) is 5.60 Å². The number of carbonyl (C=O) groups excluding carboxylic acids is 1. The van der Waals surface area contributed by atoms with Crippen molar-refractivity contribution in [3.63, 3.8) is 0 Å². The summed E-state index contributed by atoms with van der Waals surface area (Å²) in [7, 11) is 0. The van der Waals surface area contributed by atoms with Crippen molar-refractivity contribution in [3.05, 3.63) is 59.0 Å². The van der Waals surface area contributed by atoms with Crippen LogP contribution in [-0.4, -0.2) is 34.7 Å². The fraction of sp³-hybridized carbons (Fsp3) is 0.318. The molecule has 0 bridgehead atoms. The van der Waals surface area contributed by atoms with Gasteiger partial charge in [0.25, 0.3) is 5.91 Å². The second-order valence-corrected chi connectivity index (χ2v) is 8.20. The SMILES string of the molecule is NCC1(O)CC[C@H](CNC(=O)c2[nH]c3ccc(F)cc3c2-c2ccccc2Cl)C1. The average Bonchev–Trinajstić information content (AvgIpc) is 3.27. The summed E-state index contributed by atoms with van der Waals surface area (Å²) in [4.78, 5) is 16.1. The van der Waals surface area contributed by atoms with Crippen molar-refractivity contribution in [2.24, 2.45) is 11.7 Å². The summed E-state index contributed by atoms with van der Waals surface area (Å²) < 4.78 is 13.9. The van der Waals surface area contributed by atoms with E-state index in [9.17, 15) is 14.3 Å². The minimum atomic E-state index is -0.837. The summed E-state index contributed by atoms with van der Waals surface area (Å²) in [5, 5.41) is 14.3. The molecule has 7 heteroatoms. The van der Waals surface area contributed by atoms with E-state index in [0.717, 1.165) is 6.42 Å². The van der Waals surface area contributed by atoms with Crippen molar-refractivity contribution in [2.75, 3.05) is 13.1 Å². The van der Waals surface area contributed by atoms with E-state index in [4.69, 9.17) is 17.3 Å². The number of nitrogens with one attached hydrogen (secondary N) is 2. The van der Waals surface area contributed by atoms with Crippen LogP contribution < -0.4 is 11.1 Å². The van der Waals surface area contributed by atoms with Crippen molar-refractivity contribution >= 4 is 28.4 Å². The predicted octanol–water partition coefficient (Wildman–Crippen LogP) is 3.85. The molecule has 5 N–H and O–H groups in total. The molecule has 1 aromatic heterocycles. The van der Waals surface area contributed by atoms with Crippen LogP contribution in [0.4, 0.5) is 4.39 Å². The van der Waals surface area contributed by atoms with Crippen LogP contribution in [0.1, 0.15) is 29.8 Å². The number of hydrogen-bond acceptors (Lipinski definition) is 3. The molecule has 0 spiro atoms. The van der Waals surface area contributed by atoms with Gasteiger partial charge < -0.3 is 21.1 Å². The number of nitrogens with two attached hydrogens (primary N) is 1. The first-order chi connectivity index (χ1) is 13.9. The van der Waals surface area contributed by atoms with Gasteiger partial charge in [-0.15, -0.1) is 0 Å². The number of carbonyl (C=O) groups is 1. The Hall–Kier alpha value is -2.41. The molecular weight excluding hydrogens is 393 g/mol. The number of hydrogen-bond donors (Lipinski definition) is 4. The van der Waals surface area contributed by atoms with Crippen LogP contribution in [0.5, 0.6) is 0 Å². The smallest absolute Gasteiger partial charge is 0.268 e. The maximum Gasteiger partial charge on any atom is 0.268 e. The maximum absolute atomic E-state index is 13.9. The first kappa shape index (κ1) is 19.9. The molecular formula is C22H23ClFN3O2. The molecule has 0 aliphatic heterocycles. The highest BCUT2D eigenvalue weighted by Crippen LogP contribution is 2.37. The topological polar surface area (TPSA) is 91.1 Å². The lowest BCUT2D eigenvalue weighted by molar-refractivity contribution is 0.0523. The van der Waals surface area contributed by atoms with E-state index in [-0.39, 0.29) is 24.2 Å². The Morgan fingerprint density at radius 3 is 2.86 bits per heavy atom. The fourth-order valence-electron chi connectivity index (χ4n) is 4.18. The molecule has 0 radical (unpaired) electrons. The number of rotatable bonds is 5. The lowest BCUT2D eigenvalue weighted by Crippen LogP contribution is -2.36. The molecule has 1 aliphatic rings. The van der Waals surface area contributed by atoms with Crippen molar-refractivity contribution in [1.82, 2.24) is 10.3 Å². The molecule has 1 amide bonds. The van der Waals surface area contributed by atoms with Crippen LogP contribution in [0.15, 0.2) is 42.5 Å². The van der Waals surface area contributed by atoms with E-state index in [1.807, 2.05) is 12.1 Å². The average molecular weight is 416 g/mol. The van der Waals surface area contributed by atoms with Crippen molar-refractivity contribution in [3.8, 4) is 11.1 Å². The number of aromatic amines is 1. The molecule has 1 fully saturated rings. The van der Waals surface area contributed by atoms with Crippen molar-refractivity contribution in [2.45, 2.75) is 24.9 Å². The van der Waals surface area contributed by atoms with Gasteiger partial charge in [-0.3, -0.25) is 4.79 Å². The molecule has 1 heterocycles. The van der Waals surface area contributed by atoms with Gasteiger partial charge in [0.15, 0.2) is 0 Å². The fourth-order valence-corrected chi connectivity index (χ4v) is 4.41. The molecule has 0 saturated heterocycles. The van der Waals surface area contributed by atoms with Crippen LogP contribution in [-0.2, 0) is 0 Å². The van der Waals surface area contributed by atoms with Crippen LogP contribution in [0.3, 0.4) is 0 Å². The van der Waals surface area contributed by atoms with Gasteiger partial charge >= 0.3 is 0 Å². The van der Waals surface area contributed by atoms with Gasteiger partial charge in [-0.1, -0.05) is 29.8 Å². The monoisotopic (exact) mass is 415 g/mol. The summed E-state index contributed by atoms with van der Waals surface area (Å²) in [5.74, 6) is -0.512. The lowest BCUT2D eigenvalue weighted by Gasteiger charge is -2.20. The molecule has 152 valence electrons. The molecule has 3 aromatic rings. The molecule has 2 aromatic carbocycles. The highest BCUT2D eigenvalue weighted by Gasteiger charge is 2.36. The number of amides is 1. The Labute approximate surface area is 173 Å². The Kier molecular flexibility index (Phi) is 5.34. The Morgan fingerprint density at radius 2 is 2.14 bits per heavy atom. The zero-order chi connectivity index (χ0) is 20.6. The number of halogens is 2. The third kappa shape index (κ3) is 3.88. The Bertz CT molecular complexity index is 1070. The maximum atomic E-state index is 13.9. The van der Waals surface area contributed by atoms with Crippen molar-refractivity contribution in [1.29, 1.82) is 0 Å². The second kappa shape index (κ2) is 7.78. The normalized spacial score (nSPS) is 21.6. The van der Waals surface area contributed by atoms with Gasteiger partial charge in [-0.05, 0) is 49.4 Å². The molecule has 2 atom stereocenters. The van der Waals surface area contributed by atoms with Crippen LogP contribution >= 0.6 is 11.6 Å². The number of fused-ring (bicyclic) bond motifs is 1. The molecule has 1 saturated carbocycles. The van der Waals surface area contributed by atoms with Crippen LogP contribution in [0.25, 0.3) is 22.0 Å². The standard InChI is InChI=1S/C22H23ClFN3O2/c23-17-4-2-1-3-15(17)19-16-9-14(24)5-6-18(16)27-20(19)21(28)26-11-13-7-8-22(29,10-13)12-25/h1-6,9,13,27,29H,7-8,10-12,25H2,(H,26,28)/t13-,22?/m0/s1. The second-order valence-electron chi connectivity index (χ2n) is 7.79. The highest BCUT2D eigenvalue weighted by molar-refractivity contribution is 6.34. The molecule has 1 aliphatic carbocycles. The molecule has 1 unspecified atom stereocenters. The molecule has 4 rings (SSSR count). The lowest BCUT2D eigenvalue weighted by atomic mass is 10.00. The largest absolute Gasteiger partial charge is 0.389 e. The zero-order valence-corrected chi connectivity index (χ0v) is 16.6. The number of aromatic nitrogens is 1. The summed E-state index contributed by atoms with van der Waals surface area (Å²) in [6, 6.07) is 11.5. The zero-order valence-electron chi connectivity index (χ0n) is 15.8. The number of aliphatic hydroxyl groups is 1. The Balaban J connectivity index is 1.66. The third-order valence-electron chi connectivity index (χ3n) is 5.75. The van der Waals surface area contributed by atoms with E-state index in [2.05, 4.69) is 10.3 Å². The van der Waals surface area contributed by atoms with Gasteiger partial charge in [0.1, 0.15) is 11.5 Å². The summed E-state index contributed by atoms with van der Waals surface area (Å²) >= 11 is 6.38. The molecule has 29 heavy (non-hydrogen) atoms. The van der Waals surface area contributed by atoms with E-state index in [1.165, 1.54) is 12.1 Å². The summed E-state index contributed by atoms with van der Waals surface area (Å²) in [6.07, 6.45) is 2.02. The van der Waals surface area contributed by atoms with Crippen LogP contribution in [0, 0.1) is 11.7 Å². The number of benzene rings is 2. The van der Waals surface area contributed by atoms with E-state index in [0.29, 0.717) is 52.1 Å². The quantitative estimate of drug-likeness (QED) is 0.510. The third-order valence-corrected chi connectivity index (χ3v) is 6.08. The predicted molar refractivity (Wildman–Crippen MR) is 112 cm³/mol. The van der Waals surface area contributed by atoms with Crippen molar-refractivity contribution < 1.29 is 14.3 Å². The first-order valence-electron chi connectivity index (χ1n) is 9.67. The van der Waals surface area contributed by atoms with Gasteiger partial charge in [-0.25, -0.2) is 4.39 Å².